The lowest BCUT2D eigenvalue weighted by molar-refractivity contribution is -0.175. The molecule has 1 aliphatic rings. The van der Waals surface area contributed by atoms with Crippen LogP contribution in [-0.2, 0) is 28.8 Å². The fourth-order valence-electron chi connectivity index (χ4n) is 3.18. The molecule has 0 fully saturated rings. The largest absolute Gasteiger partial charge is 0.464 e. The van der Waals surface area contributed by atoms with Crippen LogP contribution in [0.5, 0.6) is 0 Å². The second-order valence-electron chi connectivity index (χ2n) is 6.51. The molecule has 0 saturated heterocycles. The van der Waals surface area contributed by atoms with Gasteiger partial charge in [-0.1, -0.05) is 0 Å². The van der Waals surface area contributed by atoms with Crippen LogP contribution in [0.1, 0.15) is 30.0 Å². The normalized spacial score (nSPS) is 15.4. The first kappa shape index (κ1) is 17.8. The van der Waals surface area contributed by atoms with E-state index in [0.29, 0.717) is 0 Å². The van der Waals surface area contributed by atoms with Crippen molar-refractivity contribution in [3.63, 3.8) is 0 Å². The number of carbonyl (C=O) groups excluding carboxylic acids is 1. The van der Waals surface area contributed by atoms with E-state index in [-0.39, 0.29) is 18.9 Å². The minimum Gasteiger partial charge on any atom is -0.464 e. The summed E-state index contributed by atoms with van der Waals surface area (Å²) in [6, 6.07) is 3.61. The number of aryl methyl sites for hydroxylation is 2. The van der Waals surface area contributed by atoms with Crippen molar-refractivity contribution >= 4 is 16.9 Å². The Hall–Kier alpha value is -2.02. The first-order valence-corrected chi connectivity index (χ1v) is 8.27. The Morgan fingerprint density at radius 3 is 2.76 bits per heavy atom. The van der Waals surface area contributed by atoms with Crippen molar-refractivity contribution in [1.29, 1.82) is 0 Å². The molecule has 2 aromatic rings. The number of benzene rings is 1. The average Bonchev–Trinajstić information content (AvgIpc) is 3.10. The molecule has 4 nitrogen and oxygen atoms in total. The van der Waals surface area contributed by atoms with Gasteiger partial charge in [0.05, 0.1) is 19.3 Å². The molecular formula is C18H20F3NO3. The van der Waals surface area contributed by atoms with Gasteiger partial charge in [-0.2, -0.15) is 13.2 Å². The van der Waals surface area contributed by atoms with Crippen molar-refractivity contribution in [2.24, 2.45) is 0 Å². The first-order chi connectivity index (χ1) is 11.8. The minimum atomic E-state index is -4.36. The Labute approximate surface area is 143 Å². The summed E-state index contributed by atoms with van der Waals surface area (Å²) in [5.41, 5.74) is 4.15. The molecule has 1 atom stereocenters. The fraction of sp³-hybridized carbons (Fsp3) is 0.500. The van der Waals surface area contributed by atoms with E-state index in [4.69, 9.17) is 4.42 Å². The predicted molar refractivity (Wildman–Crippen MR) is 86.4 cm³/mol. The number of nitrogens with one attached hydrogen (secondary N) is 1. The van der Waals surface area contributed by atoms with Crippen LogP contribution in [0.3, 0.4) is 0 Å². The zero-order chi connectivity index (χ0) is 18.0. The summed E-state index contributed by atoms with van der Waals surface area (Å²) >= 11 is 0. The van der Waals surface area contributed by atoms with E-state index in [9.17, 15) is 18.0 Å². The lowest BCUT2D eigenvalue weighted by atomic mass is 10.0. The maximum Gasteiger partial charge on any atom is 0.411 e. The topological polar surface area (TPSA) is 51.5 Å². The standard InChI is InChI=1S/C18H20F3NO3/c1-11(8-24-10-18(19,20)21)22-17(23)7-14-9-25-16-6-13-4-2-3-12(13)5-15(14)16/h5-6,9,11H,2-4,7-8,10H2,1H3,(H,22,23). The predicted octanol–water partition coefficient (Wildman–Crippen LogP) is 3.55. The molecule has 7 heteroatoms. The highest BCUT2D eigenvalue weighted by Gasteiger charge is 2.27. The number of alkyl halides is 3. The molecular weight excluding hydrogens is 335 g/mol. The second-order valence-corrected chi connectivity index (χ2v) is 6.51. The zero-order valence-corrected chi connectivity index (χ0v) is 13.9. The Morgan fingerprint density at radius 2 is 2.04 bits per heavy atom. The van der Waals surface area contributed by atoms with Gasteiger partial charge in [0.1, 0.15) is 12.2 Å². The van der Waals surface area contributed by atoms with Gasteiger partial charge in [0.25, 0.3) is 0 Å². The molecule has 1 aromatic carbocycles. The van der Waals surface area contributed by atoms with Gasteiger partial charge in [-0.05, 0) is 49.4 Å². The monoisotopic (exact) mass is 355 g/mol. The number of furan rings is 1. The van der Waals surface area contributed by atoms with Crippen LogP contribution in [0.25, 0.3) is 11.0 Å². The van der Waals surface area contributed by atoms with Crippen molar-refractivity contribution in [2.75, 3.05) is 13.2 Å². The highest BCUT2D eigenvalue weighted by molar-refractivity contribution is 5.88. The van der Waals surface area contributed by atoms with Crippen molar-refractivity contribution in [2.45, 2.75) is 44.8 Å². The van der Waals surface area contributed by atoms with Crippen LogP contribution in [0.4, 0.5) is 13.2 Å². The zero-order valence-electron chi connectivity index (χ0n) is 13.9. The third-order valence-electron chi connectivity index (χ3n) is 4.26. The van der Waals surface area contributed by atoms with Crippen LogP contribution >= 0.6 is 0 Å². The highest BCUT2D eigenvalue weighted by Crippen LogP contribution is 2.30. The minimum absolute atomic E-state index is 0.120. The van der Waals surface area contributed by atoms with E-state index in [1.807, 2.05) is 6.07 Å². The summed E-state index contributed by atoms with van der Waals surface area (Å²) in [7, 11) is 0. The van der Waals surface area contributed by atoms with Crippen LogP contribution in [0.2, 0.25) is 0 Å². The van der Waals surface area contributed by atoms with E-state index in [1.165, 1.54) is 11.1 Å². The number of ether oxygens (including phenoxy) is 1. The quantitative estimate of drug-likeness (QED) is 0.862. The Balaban J connectivity index is 1.57. The smallest absolute Gasteiger partial charge is 0.411 e. The van der Waals surface area contributed by atoms with Gasteiger partial charge in [0, 0.05) is 17.0 Å². The summed E-state index contributed by atoms with van der Waals surface area (Å²) in [5.74, 6) is -0.272. The van der Waals surface area contributed by atoms with Gasteiger partial charge in [-0.15, -0.1) is 0 Å². The average molecular weight is 355 g/mol. The summed E-state index contributed by atoms with van der Waals surface area (Å²) < 4.78 is 46.2. The van der Waals surface area contributed by atoms with Gasteiger partial charge in [-0.25, -0.2) is 0 Å². The number of hydrogen-bond acceptors (Lipinski definition) is 3. The van der Waals surface area contributed by atoms with E-state index in [1.54, 1.807) is 13.2 Å². The van der Waals surface area contributed by atoms with Crippen molar-refractivity contribution in [1.82, 2.24) is 5.32 Å². The van der Waals surface area contributed by atoms with Gasteiger partial charge in [0.2, 0.25) is 5.91 Å². The van der Waals surface area contributed by atoms with Crippen molar-refractivity contribution in [3.05, 3.63) is 35.1 Å². The van der Waals surface area contributed by atoms with Gasteiger partial charge < -0.3 is 14.5 Å². The number of carbonyl (C=O) groups is 1. The fourth-order valence-corrected chi connectivity index (χ4v) is 3.18. The summed E-state index contributed by atoms with van der Waals surface area (Å²) in [4.78, 5) is 12.1. The number of rotatable bonds is 6. The van der Waals surface area contributed by atoms with Crippen LogP contribution in [0.15, 0.2) is 22.8 Å². The summed E-state index contributed by atoms with van der Waals surface area (Å²) in [6.07, 6.45) is 0.555. The number of fused-ring (bicyclic) bond motifs is 2. The lowest BCUT2D eigenvalue weighted by Crippen LogP contribution is -2.37. The van der Waals surface area contributed by atoms with Crippen LogP contribution in [0, 0.1) is 0 Å². The van der Waals surface area contributed by atoms with Crippen LogP contribution in [-0.4, -0.2) is 31.3 Å². The summed E-state index contributed by atoms with van der Waals surface area (Å²) in [6.45, 7) is 0.101. The number of halogens is 3. The molecule has 136 valence electrons. The van der Waals surface area contributed by atoms with E-state index in [2.05, 4.69) is 16.1 Å². The Morgan fingerprint density at radius 1 is 1.32 bits per heavy atom. The van der Waals surface area contributed by atoms with E-state index in [0.717, 1.165) is 35.8 Å². The molecule has 25 heavy (non-hydrogen) atoms. The Bertz CT molecular complexity index is 767. The SMILES string of the molecule is CC(COCC(F)(F)F)NC(=O)Cc1coc2cc3c(cc12)CCC3. The highest BCUT2D eigenvalue weighted by atomic mass is 19.4. The number of hydrogen-bond donors (Lipinski definition) is 1. The molecule has 3 rings (SSSR count). The first-order valence-electron chi connectivity index (χ1n) is 8.27. The molecule has 1 N–H and O–H groups in total. The van der Waals surface area contributed by atoms with E-state index >= 15 is 0 Å². The molecule has 1 aromatic heterocycles. The molecule has 1 heterocycles. The molecule has 0 bridgehead atoms. The van der Waals surface area contributed by atoms with Gasteiger partial charge in [-0.3, -0.25) is 4.79 Å². The lowest BCUT2D eigenvalue weighted by Gasteiger charge is -2.15. The molecule has 0 aliphatic heterocycles. The molecule has 1 amide bonds. The second kappa shape index (κ2) is 7.07. The molecule has 0 radical (unpaired) electrons. The van der Waals surface area contributed by atoms with Crippen LogP contribution < -0.4 is 5.32 Å². The maximum atomic E-state index is 12.1. The summed E-state index contributed by atoms with van der Waals surface area (Å²) in [5, 5.41) is 3.58. The van der Waals surface area contributed by atoms with Crippen molar-refractivity contribution < 1.29 is 27.1 Å². The van der Waals surface area contributed by atoms with Gasteiger partial charge in [0.15, 0.2) is 0 Å². The Kier molecular flexibility index (Phi) is 5.03. The molecule has 0 spiro atoms. The molecule has 1 unspecified atom stereocenters. The van der Waals surface area contributed by atoms with E-state index < -0.39 is 18.8 Å². The number of amides is 1. The van der Waals surface area contributed by atoms with Crippen molar-refractivity contribution in [3.8, 4) is 0 Å². The third kappa shape index (κ3) is 4.54. The molecule has 0 saturated carbocycles. The third-order valence-corrected chi connectivity index (χ3v) is 4.26. The molecule has 1 aliphatic carbocycles. The maximum absolute atomic E-state index is 12.1. The van der Waals surface area contributed by atoms with Gasteiger partial charge >= 0.3 is 6.18 Å².